The van der Waals surface area contributed by atoms with Crippen LogP contribution in [-0.2, 0) is 6.42 Å². The summed E-state index contributed by atoms with van der Waals surface area (Å²) in [7, 11) is 5.71. The predicted molar refractivity (Wildman–Crippen MR) is 110 cm³/mol. The van der Waals surface area contributed by atoms with E-state index < -0.39 is 0 Å². The molecular formula is C19H32N6. The highest BCUT2D eigenvalue weighted by atomic mass is 15.4. The largest absolute Gasteiger partial charge is 0.400 e. The fraction of sp³-hybridized carbons (Fsp3) is 0.421. The van der Waals surface area contributed by atoms with Gasteiger partial charge in [0.2, 0.25) is 0 Å². The Morgan fingerprint density at radius 1 is 1.28 bits per heavy atom. The third-order valence-corrected chi connectivity index (χ3v) is 3.49. The average molecular weight is 345 g/mol. The number of hydrogen-bond donors (Lipinski definition) is 3. The Morgan fingerprint density at radius 3 is 2.48 bits per heavy atom. The van der Waals surface area contributed by atoms with Crippen molar-refractivity contribution in [1.29, 1.82) is 0 Å². The highest BCUT2D eigenvalue weighted by Gasteiger charge is 2.08. The number of nitrogens with zero attached hydrogens (tertiary/aromatic N) is 3. The van der Waals surface area contributed by atoms with E-state index in [1.807, 2.05) is 51.1 Å². The number of aryl methyl sites for hydroxylation is 1. The molecule has 0 aliphatic rings. The molecule has 25 heavy (non-hydrogen) atoms. The van der Waals surface area contributed by atoms with Crippen LogP contribution in [0.25, 0.3) is 0 Å². The summed E-state index contributed by atoms with van der Waals surface area (Å²) in [6.45, 7) is 6.84. The Morgan fingerprint density at radius 2 is 1.96 bits per heavy atom. The number of hydrogen-bond acceptors (Lipinski definition) is 5. The molecule has 0 fully saturated rings. The zero-order chi connectivity index (χ0) is 19.0. The van der Waals surface area contributed by atoms with E-state index >= 15 is 0 Å². The van der Waals surface area contributed by atoms with E-state index in [1.54, 1.807) is 18.3 Å². The molecule has 0 bridgehead atoms. The highest BCUT2D eigenvalue weighted by Crippen LogP contribution is 2.24. The Hall–Kier alpha value is -2.31. The molecule has 138 valence electrons. The number of amidine groups is 1. The van der Waals surface area contributed by atoms with Crippen LogP contribution in [0.5, 0.6) is 0 Å². The number of hydrazine groups is 1. The van der Waals surface area contributed by atoms with Crippen molar-refractivity contribution in [1.82, 2.24) is 4.90 Å². The smallest absolute Gasteiger partial charge is 0.124 e. The summed E-state index contributed by atoms with van der Waals surface area (Å²) >= 11 is 0. The van der Waals surface area contributed by atoms with Gasteiger partial charge in [-0.25, -0.2) is 5.84 Å². The number of allylic oxidation sites excluding steroid dienone is 1. The van der Waals surface area contributed by atoms with E-state index in [2.05, 4.69) is 23.3 Å². The lowest BCUT2D eigenvalue weighted by molar-refractivity contribution is 0.442. The molecule has 1 aromatic rings. The van der Waals surface area contributed by atoms with E-state index in [0.717, 1.165) is 29.2 Å². The number of benzene rings is 1. The first-order chi connectivity index (χ1) is 11.8. The zero-order valence-corrected chi connectivity index (χ0v) is 16.3. The molecule has 0 heterocycles. The number of rotatable bonds is 7. The minimum Gasteiger partial charge on any atom is -0.400 e. The van der Waals surface area contributed by atoms with E-state index in [0.29, 0.717) is 12.2 Å². The van der Waals surface area contributed by atoms with Crippen LogP contribution in [0.15, 0.2) is 46.7 Å². The molecule has 6 heteroatoms. The zero-order valence-electron chi connectivity index (χ0n) is 16.3. The summed E-state index contributed by atoms with van der Waals surface area (Å²) in [5, 5.41) is 4.91. The van der Waals surface area contributed by atoms with E-state index in [4.69, 9.17) is 11.6 Å². The molecule has 0 unspecified atom stereocenters. The van der Waals surface area contributed by atoms with Crippen molar-refractivity contribution < 1.29 is 0 Å². The Bertz CT molecular complexity index is 654. The van der Waals surface area contributed by atoms with Gasteiger partial charge < -0.3 is 16.0 Å². The van der Waals surface area contributed by atoms with Gasteiger partial charge in [-0.3, -0.25) is 10.0 Å². The molecule has 1 aromatic carbocycles. The first-order valence-electron chi connectivity index (χ1n) is 8.43. The van der Waals surface area contributed by atoms with Gasteiger partial charge >= 0.3 is 0 Å². The lowest BCUT2D eigenvalue weighted by Gasteiger charge is -2.21. The third-order valence-electron chi connectivity index (χ3n) is 3.49. The quantitative estimate of drug-likeness (QED) is 0.307. The van der Waals surface area contributed by atoms with Crippen LogP contribution < -0.4 is 21.9 Å². The molecule has 0 saturated carbocycles. The van der Waals surface area contributed by atoms with Crippen LogP contribution in [0.3, 0.4) is 0 Å². The lowest BCUT2D eigenvalue weighted by Crippen LogP contribution is -2.29. The Kier molecular flexibility index (Phi) is 8.18. The van der Waals surface area contributed by atoms with Gasteiger partial charge in [0.05, 0.1) is 5.69 Å². The van der Waals surface area contributed by atoms with Crippen molar-refractivity contribution in [3.63, 3.8) is 0 Å². The van der Waals surface area contributed by atoms with Gasteiger partial charge in [-0.15, -0.1) is 0 Å². The second-order valence-electron chi connectivity index (χ2n) is 6.50. The Balaban J connectivity index is 3.12. The number of anilines is 2. The molecule has 0 spiro atoms. The fourth-order valence-electron chi connectivity index (χ4n) is 2.41. The molecule has 5 N–H and O–H groups in total. The van der Waals surface area contributed by atoms with Crippen LogP contribution in [0.4, 0.5) is 11.4 Å². The van der Waals surface area contributed by atoms with Crippen molar-refractivity contribution in [3.8, 4) is 0 Å². The van der Waals surface area contributed by atoms with Gasteiger partial charge in [-0.1, -0.05) is 18.6 Å². The summed E-state index contributed by atoms with van der Waals surface area (Å²) in [6.07, 6.45) is 4.65. The molecule has 0 aliphatic carbocycles. The van der Waals surface area contributed by atoms with Crippen LogP contribution in [0.2, 0.25) is 0 Å². The molecule has 1 rings (SSSR count). The maximum atomic E-state index is 6.25. The summed E-state index contributed by atoms with van der Waals surface area (Å²) in [5.74, 6) is 7.06. The summed E-state index contributed by atoms with van der Waals surface area (Å²) in [6, 6.07) is 6.12. The van der Waals surface area contributed by atoms with Gasteiger partial charge in [-0.05, 0) is 58.1 Å². The van der Waals surface area contributed by atoms with Crippen molar-refractivity contribution in [3.05, 3.63) is 47.3 Å². The van der Waals surface area contributed by atoms with Gasteiger partial charge in [-0.2, -0.15) is 0 Å². The monoisotopic (exact) mass is 344 g/mol. The number of aliphatic imine (C=N–C) groups is 1. The SMILES string of the molecule is CCc1ccc(NC(C=C(C)C)=NC)cc1N(N)/C=C(\N)CN(C)C. The van der Waals surface area contributed by atoms with Crippen LogP contribution >= 0.6 is 0 Å². The van der Waals surface area contributed by atoms with Crippen LogP contribution in [-0.4, -0.2) is 38.4 Å². The summed E-state index contributed by atoms with van der Waals surface area (Å²) < 4.78 is 0. The first kappa shape index (κ1) is 20.7. The Labute approximate surface area is 151 Å². The molecule has 0 amide bonds. The van der Waals surface area contributed by atoms with Crippen molar-refractivity contribution >= 4 is 17.2 Å². The van der Waals surface area contributed by atoms with E-state index in [9.17, 15) is 0 Å². The molecule has 0 saturated heterocycles. The maximum Gasteiger partial charge on any atom is 0.124 e. The molecule has 0 radical (unpaired) electrons. The normalized spacial score (nSPS) is 12.3. The maximum absolute atomic E-state index is 6.25. The third kappa shape index (κ3) is 6.99. The standard InChI is InChI=1S/C19H32N6/c1-7-15-8-9-17(23-19(22-4)10-14(2)3)11-18(15)25(21)13-16(20)12-24(5)6/h8-11,13H,7,12,20-21H2,1-6H3,(H,22,23)/b16-13-. The molecule has 0 atom stereocenters. The summed E-state index contributed by atoms with van der Waals surface area (Å²) in [5.41, 5.74) is 10.9. The van der Waals surface area contributed by atoms with E-state index in [-0.39, 0.29) is 0 Å². The van der Waals surface area contributed by atoms with Crippen molar-refractivity contribution in [2.75, 3.05) is 38.0 Å². The molecular weight excluding hydrogens is 312 g/mol. The molecule has 0 aliphatic heterocycles. The summed E-state index contributed by atoms with van der Waals surface area (Å²) in [4.78, 5) is 6.27. The van der Waals surface area contributed by atoms with Crippen molar-refractivity contribution in [2.45, 2.75) is 27.2 Å². The molecule has 0 aromatic heterocycles. The highest BCUT2D eigenvalue weighted by molar-refractivity contribution is 6.04. The first-order valence-corrected chi connectivity index (χ1v) is 8.43. The minimum absolute atomic E-state index is 0.653. The lowest BCUT2D eigenvalue weighted by atomic mass is 10.1. The van der Waals surface area contributed by atoms with Crippen molar-refractivity contribution in [2.24, 2.45) is 16.6 Å². The minimum atomic E-state index is 0.653. The average Bonchev–Trinajstić information content (AvgIpc) is 2.52. The molecule has 6 nitrogen and oxygen atoms in total. The van der Waals surface area contributed by atoms with Gasteiger partial charge in [0.25, 0.3) is 0 Å². The topological polar surface area (TPSA) is 82.9 Å². The number of nitrogens with one attached hydrogen (secondary N) is 1. The van der Waals surface area contributed by atoms with Gasteiger partial charge in [0.1, 0.15) is 5.84 Å². The predicted octanol–water partition coefficient (Wildman–Crippen LogP) is 2.70. The van der Waals surface area contributed by atoms with E-state index in [1.165, 1.54) is 5.57 Å². The second kappa shape index (κ2) is 9.86. The number of nitrogens with two attached hydrogens (primary N) is 2. The van der Waals surface area contributed by atoms with Gasteiger partial charge in [0.15, 0.2) is 0 Å². The number of likely N-dealkylation sites (N-methyl/N-ethyl adjacent to an activating group) is 1. The van der Waals surface area contributed by atoms with Crippen LogP contribution in [0.1, 0.15) is 26.3 Å². The van der Waals surface area contributed by atoms with Gasteiger partial charge in [0, 0.05) is 31.2 Å². The fourth-order valence-corrected chi connectivity index (χ4v) is 2.41. The van der Waals surface area contributed by atoms with Crippen LogP contribution in [0, 0.1) is 0 Å². The second-order valence-corrected chi connectivity index (χ2v) is 6.50.